The Morgan fingerprint density at radius 3 is 2.52 bits per heavy atom. The van der Waals surface area contributed by atoms with Gasteiger partial charge >= 0.3 is 0 Å². The van der Waals surface area contributed by atoms with Crippen molar-refractivity contribution in [3.8, 4) is 11.5 Å². The standard InChI is InChI=1S/C31H31N9O2/c1-38(2)12-7-13-40-19-23(34-30(41)25-14-20-8-4-5-9-21(20)17-33-25)16-27(40)31(42)35-22-15-26(39(3)18-22)29-36-24-10-6-11-32-28(24)37-29/h4-6,8-11,14-19H,7,12-13H2,1-3H3,(H,34,41)(H,35,42)(H,32,36,37). The number of anilines is 2. The summed E-state index contributed by atoms with van der Waals surface area (Å²) in [5, 5.41) is 7.81. The molecule has 11 nitrogen and oxygen atoms in total. The van der Waals surface area contributed by atoms with Gasteiger partial charge in [0.25, 0.3) is 11.8 Å². The number of carbonyl (C=O) groups excluding carboxylic acids is 2. The van der Waals surface area contributed by atoms with E-state index in [0.717, 1.165) is 34.9 Å². The Labute approximate surface area is 242 Å². The van der Waals surface area contributed by atoms with Crippen LogP contribution in [-0.4, -0.2) is 66.4 Å². The lowest BCUT2D eigenvalue weighted by Gasteiger charge is -2.12. The van der Waals surface area contributed by atoms with Gasteiger partial charge in [-0.2, -0.15) is 0 Å². The molecule has 0 saturated heterocycles. The molecule has 0 aliphatic rings. The van der Waals surface area contributed by atoms with Gasteiger partial charge in [-0.3, -0.25) is 14.6 Å². The number of nitrogens with zero attached hydrogens (tertiary/aromatic N) is 6. The lowest BCUT2D eigenvalue weighted by molar-refractivity contribution is 0.101. The Balaban J connectivity index is 1.23. The molecule has 0 radical (unpaired) electrons. The van der Waals surface area contributed by atoms with Crippen LogP contribution in [0, 0.1) is 0 Å². The van der Waals surface area contributed by atoms with E-state index in [-0.39, 0.29) is 11.8 Å². The van der Waals surface area contributed by atoms with E-state index in [1.54, 1.807) is 30.7 Å². The van der Waals surface area contributed by atoms with Gasteiger partial charge in [-0.15, -0.1) is 0 Å². The third-order valence-electron chi connectivity index (χ3n) is 7.02. The zero-order valence-corrected chi connectivity index (χ0v) is 23.6. The molecule has 0 bridgehead atoms. The summed E-state index contributed by atoms with van der Waals surface area (Å²) in [6.45, 7) is 1.47. The zero-order valence-electron chi connectivity index (χ0n) is 23.6. The highest BCUT2D eigenvalue weighted by atomic mass is 16.2. The monoisotopic (exact) mass is 561 g/mol. The molecule has 2 amide bonds. The molecule has 0 saturated carbocycles. The summed E-state index contributed by atoms with van der Waals surface area (Å²) in [7, 11) is 5.91. The fourth-order valence-electron chi connectivity index (χ4n) is 4.94. The van der Waals surface area contributed by atoms with Crippen molar-refractivity contribution >= 4 is 45.1 Å². The van der Waals surface area contributed by atoms with Crippen molar-refractivity contribution in [1.29, 1.82) is 0 Å². The second kappa shape index (κ2) is 11.3. The summed E-state index contributed by atoms with van der Waals surface area (Å²) in [4.78, 5) is 45.2. The molecule has 42 heavy (non-hydrogen) atoms. The predicted octanol–water partition coefficient (Wildman–Crippen LogP) is 4.77. The van der Waals surface area contributed by atoms with Gasteiger partial charge < -0.3 is 29.7 Å². The van der Waals surface area contributed by atoms with Gasteiger partial charge in [0.05, 0.1) is 17.1 Å². The third kappa shape index (κ3) is 5.63. The van der Waals surface area contributed by atoms with Crippen molar-refractivity contribution in [3.63, 3.8) is 0 Å². The minimum atomic E-state index is -0.342. The lowest BCUT2D eigenvalue weighted by atomic mass is 10.1. The molecular formula is C31H31N9O2. The van der Waals surface area contributed by atoms with E-state index in [9.17, 15) is 9.59 Å². The van der Waals surface area contributed by atoms with E-state index >= 15 is 0 Å². The van der Waals surface area contributed by atoms with Gasteiger partial charge in [-0.1, -0.05) is 24.3 Å². The van der Waals surface area contributed by atoms with Crippen LogP contribution in [0.25, 0.3) is 33.5 Å². The maximum atomic E-state index is 13.5. The number of pyridine rings is 2. The molecule has 5 heterocycles. The minimum Gasteiger partial charge on any atom is -0.346 e. The SMILES string of the molecule is CN(C)CCCn1cc(NC(=O)c2cc3ccccc3cn2)cc1C(=O)Nc1cc(-c2nc3cccnc3[nH]2)n(C)c1. The molecule has 0 atom stereocenters. The summed E-state index contributed by atoms with van der Waals surface area (Å²) in [6, 6.07) is 16.8. The van der Waals surface area contributed by atoms with Crippen molar-refractivity contribution < 1.29 is 9.59 Å². The van der Waals surface area contributed by atoms with Crippen molar-refractivity contribution in [2.45, 2.75) is 13.0 Å². The van der Waals surface area contributed by atoms with Crippen LogP contribution in [0.1, 0.15) is 27.4 Å². The highest BCUT2D eigenvalue weighted by molar-refractivity contribution is 6.07. The summed E-state index contributed by atoms with van der Waals surface area (Å²) >= 11 is 0. The van der Waals surface area contributed by atoms with E-state index in [4.69, 9.17) is 0 Å². The first-order valence-electron chi connectivity index (χ1n) is 13.6. The fourth-order valence-corrected chi connectivity index (χ4v) is 4.94. The number of fused-ring (bicyclic) bond motifs is 2. The van der Waals surface area contributed by atoms with Crippen LogP contribution >= 0.6 is 0 Å². The number of benzene rings is 1. The molecule has 0 aliphatic carbocycles. The summed E-state index contributed by atoms with van der Waals surface area (Å²) in [5.41, 5.74) is 4.16. The minimum absolute atomic E-state index is 0.285. The number of nitrogens with one attached hydrogen (secondary N) is 3. The van der Waals surface area contributed by atoms with E-state index in [1.165, 1.54) is 0 Å². The number of aryl methyl sites for hydroxylation is 2. The van der Waals surface area contributed by atoms with Crippen LogP contribution in [0.5, 0.6) is 0 Å². The zero-order chi connectivity index (χ0) is 29.2. The largest absolute Gasteiger partial charge is 0.346 e. The molecule has 6 rings (SSSR count). The maximum absolute atomic E-state index is 13.5. The number of aromatic nitrogens is 6. The molecule has 1 aromatic carbocycles. The molecule has 11 heteroatoms. The number of amides is 2. The normalized spacial score (nSPS) is 11.4. The van der Waals surface area contributed by atoms with E-state index < -0.39 is 0 Å². The van der Waals surface area contributed by atoms with Crippen molar-refractivity contribution in [2.75, 3.05) is 31.3 Å². The second-order valence-electron chi connectivity index (χ2n) is 10.5. The molecule has 0 fully saturated rings. The Bertz CT molecular complexity index is 1880. The lowest BCUT2D eigenvalue weighted by Crippen LogP contribution is -2.19. The predicted molar refractivity (Wildman–Crippen MR) is 164 cm³/mol. The Hall–Kier alpha value is -5.29. The van der Waals surface area contributed by atoms with Crippen LogP contribution in [-0.2, 0) is 13.6 Å². The number of carbonyl (C=O) groups is 2. The molecule has 3 N–H and O–H groups in total. The number of rotatable bonds is 9. The number of aromatic amines is 1. The Morgan fingerprint density at radius 2 is 1.71 bits per heavy atom. The third-order valence-corrected chi connectivity index (χ3v) is 7.02. The van der Waals surface area contributed by atoms with Gasteiger partial charge in [0.1, 0.15) is 16.9 Å². The van der Waals surface area contributed by atoms with Crippen molar-refractivity contribution in [3.05, 3.63) is 90.8 Å². The van der Waals surface area contributed by atoms with Crippen LogP contribution < -0.4 is 10.6 Å². The van der Waals surface area contributed by atoms with Gasteiger partial charge in [0.15, 0.2) is 11.5 Å². The topological polar surface area (TPSA) is 126 Å². The maximum Gasteiger partial charge on any atom is 0.274 e. The van der Waals surface area contributed by atoms with Crippen LogP contribution in [0.15, 0.2) is 79.4 Å². The molecular weight excluding hydrogens is 530 g/mol. The average Bonchev–Trinajstić information content (AvgIpc) is 3.68. The first-order valence-corrected chi connectivity index (χ1v) is 13.6. The second-order valence-corrected chi connectivity index (χ2v) is 10.5. The van der Waals surface area contributed by atoms with Crippen molar-refractivity contribution in [1.82, 2.24) is 34.0 Å². The van der Waals surface area contributed by atoms with Crippen LogP contribution in [0.4, 0.5) is 11.4 Å². The van der Waals surface area contributed by atoms with Gasteiger partial charge in [0.2, 0.25) is 0 Å². The Kier molecular flexibility index (Phi) is 7.24. The smallest absolute Gasteiger partial charge is 0.274 e. The van der Waals surface area contributed by atoms with E-state index in [2.05, 4.69) is 35.5 Å². The van der Waals surface area contributed by atoms with Gasteiger partial charge in [0, 0.05) is 43.8 Å². The average molecular weight is 562 g/mol. The summed E-state index contributed by atoms with van der Waals surface area (Å²) in [6.07, 6.45) is 7.86. The van der Waals surface area contributed by atoms with Crippen LogP contribution in [0.3, 0.4) is 0 Å². The molecule has 212 valence electrons. The number of H-pyrrole nitrogens is 1. The number of hydrogen-bond acceptors (Lipinski definition) is 6. The van der Waals surface area contributed by atoms with Gasteiger partial charge in [-0.25, -0.2) is 9.97 Å². The highest BCUT2D eigenvalue weighted by Crippen LogP contribution is 2.25. The van der Waals surface area contributed by atoms with Gasteiger partial charge in [-0.05, 0) is 62.8 Å². The fraction of sp³-hybridized carbons (Fsp3) is 0.194. The molecule has 6 aromatic rings. The summed E-state index contributed by atoms with van der Waals surface area (Å²) < 4.78 is 3.77. The van der Waals surface area contributed by atoms with E-state index in [1.807, 2.05) is 78.9 Å². The number of hydrogen-bond donors (Lipinski definition) is 3. The molecule has 5 aromatic heterocycles. The molecule has 0 spiro atoms. The highest BCUT2D eigenvalue weighted by Gasteiger charge is 2.19. The first kappa shape index (κ1) is 26.9. The summed E-state index contributed by atoms with van der Waals surface area (Å²) in [5.74, 6) is 0.0323. The number of imidazole rings is 1. The Morgan fingerprint density at radius 1 is 0.929 bits per heavy atom. The van der Waals surface area contributed by atoms with E-state index in [0.29, 0.717) is 40.8 Å². The quantitative estimate of drug-likeness (QED) is 0.234. The molecule has 0 aliphatic heterocycles. The first-order chi connectivity index (χ1) is 20.3. The van der Waals surface area contributed by atoms with Crippen molar-refractivity contribution in [2.24, 2.45) is 7.05 Å². The molecule has 0 unspecified atom stereocenters. The van der Waals surface area contributed by atoms with Crippen LogP contribution in [0.2, 0.25) is 0 Å².